The fraction of sp³-hybridized carbons (Fsp3) is 0.281. The maximum absolute atomic E-state index is 12.9. The van der Waals surface area contributed by atoms with Crippen LogP contribution in [0.4, 0.5) is 23.0 Å². The van der Waals surface area contributed by atoms with Gasteiger partial charge < -0.3 is 30.5 Å². The summed E-state index contributed by atoms with van der Waals surface area (Å²) in [5.74, 6) is 1.61. The molecule has 1 saturated heterocycles. The zero-order valence-electron chi connectivity index (χ0n) is 24.0. The minimum atomic E-state index is -0.332. The van der Waals surface area contributed by atoms with Crippen molar-refractivity contribution >= 4 is 28.9 Å². The molecular weight excluding hydrogens is 514 g/mol. The minimum Gasteiger partial charge on any atom is -0.482 e. The van der Waals surface area contributed by atoms with Crippen LogP contribution in [0.2, 0.25) is 0 Å². The molecule has 3 N–H and O–H groups in total. The number of carbonyl (C=O) groups excluding carboxylic acids is 1. The number of ether oxygens (including phenoxy) is 1. The van der Waals surface area contributed by atoms with Crippen LogP contribution in [0.3, 0.4) is 0 Å². The summed E-state index contributed by atoms with van der Waals surface area (Å²) in [6.07, 6.45) is 3.27. The molecule has 5 rings (SSSR count). The van der Waals surface area contributed by atoms with E-state index in [1.807, 2.05) is 80.6 Å². The Balaban J connectivity index is 1.27. The molecule has 1 atom stereocenters. The largest absolute Gasteiger partial charge is 0.482 e. The number of amides is 1. The first-order valence-electron chi connectivity index (χ1n) is 13.8. The van der Waals surface area contributed by atoms with Gasteiger partial charge in [0.1, 0.15) is 11.9 Å². The van der Waals surface area contributed by atoms with E-state index in [-0.39, 0.29) is 12.0 Å². The number of likely N-dealkylation sites (N-methyl/N-ethyl adjacent to an activating group) is 1. The second-order valence-electron chi connectivity index (χ2n) is 10.6. The number of rotatable bonds is 8. The Bertz CT molecular complexity index is 1500. The van der Waals surface area contributed by atoms with Gasteiger partial charge in [-0.2, -0.15) is 0 Å². The fourth-order valence-electron chi connectivity index (χ4n) is 4.74. The summed E-state index contributed by atoms with van der Waals surface area (Å²) in [6, 6.07) is 21.1. The molecule has 0 unspecified atom stereocenters. The van der Waals surface area contributed by atoms with Crippen molar-refractivity contribution in [2.24, 2.45) is 0 Å². The number of hydrogen-bond donors (Lipinski definition) is 2. The summed E-state index contributed by atoms with van der Waals surface area (Å²) in [4.78, 5) is 28.6. The lowest BCUT2D eigenvalue weighted by Gasteiger charge is -2.33. The van der Waals surface area contributed by atoms with Crippen LogP contribution in [0.1, 0.15) is 28.9 Å². The molecule has 212 valence electrons. The normalized spacial score (nSPS) is 14.4. The van der Waals surface area contributed by atoms with Gasteiger partial charge in [-0.05, 0) is 68.1 Å². The van der Waals surface area contributed by atoms with Gasteiger partial charge in [0.15, 0.2) is 11.6 Å². The number of nitrogens with zero attached hydrogens (tertiary/aromatic N) is 5. The zero-order valence-corrected chi connectivity index (χ0v) is 24.0. The van der Waals surface area contributed by atoms with E-state index in [2.05, 4.69) is 39.3 Å². The molecule has 2 aromatic carbocycles. The van der Waals surface area contributed by atoms with Crippen molar-refractivity contribution in [2.75, 3.05) is 68.2 Å². The summed E-state index contributed by atoms with van der Waals surface area (Å²) >= 11 is 0. The Labute approximate surface area is 241 Å². The Kier molecular flexibility index (Phi) is 8.35. The summed E-state index contributed by atoms with van der Waals surface area (Å²) in [6.45, 7) is 5.95. The van der Waals surface area contributed by atoms with Crippen LogP contribution in [0.5, 0.6) is 5.75 Å². The number of nitrogen functional groups attached to an aromatic ring is 1. The van der Waals surface area contributed by atoms with Gasteiger partial charge in [0.2, 0.25) is 0 Å². The van der Waals surface area contributed by atoms with Crippen molar-refractivity contribution in [1.29, 1.82) is 0 Å². The van der Waals surface area contributed by atoms with Gasteiger partial charge in [-0.25, -0.2) is 9.97 Å². The molecule has 1 amide bonds. The van der Waals surface area contributed by atoms with Crippen molar-refractivity contribution in [3.8, 4) is 16.9 Å². The molecule has 3 heterocycles. The summed E-state index contributed by atoms with van der Waals surface area (Å²) < 4.78 is 6.27. The second kappa shape index (κ2) is 12.3. The predicted molar refractivity (Wildman–Crippen MR) is 166 cm³/mol. The van der Waals surface area contributed by atoms with Gasteiger partial charge in [-0.1, -0.05) is 18.2 Å². The number of carbonyl (C=O) groups is 1. The third kappa shape index (κ3) is 6.75. The molecule has 9 nitrogen and oxygen atoms in total. The molecule has 1 fully saturated rings. The van der Waals surface area contributed by atoms with Crippen LogP contribution in [0.15, 0.2) is 79.1 Å². The van der Waals surface area contributed by atoms with Gasteiger partial charge in [0.05, 0.1) is 0 Å². The average Bonchev–Trinajstić information content (AvgIpc) is 2.99. The highest BCUT2D eigenvalue weighted by Crippen LogP contribution is 2.31. The highest BCUT2D eigenvalue weighted by molar-refractivity contribution is 6.04. The molecule has 9 heteroatoms. The van der Waals surface area contributed by atoms with Crippen LogP contribution in [-0.4, -0.2) is 68.1 Å². The molecule has 0 radical (unpaired) electrons. The Morgan fingerprint density at radius 1 is 0.951 bits per heavy atom. The lowest BCUT2D eigenvalue weighted by molar-refractivity contribution is 0.102. The Morgan fingerprint density at radius 3 is 2.44 bits per heavy atom. The lowest BCUT2D eigenvalue weighted by atomic mass is 10.1. The Hall–Kier alpha value is -4.63. The molecule has 41 heavy (non-hydrogen) atoms. The first-order chi connectivity index (χ1) is 19.8. The van der Waals surface area contributed by atoms with Gasteiger partial charge in [-0.15, -0.1) is 0 Å². The van der Waals surface area contributed by atoms with Gasteiger partial charge in [0.25, 0.3) is 5.91 Å². The highest BCUT2D eigenvalue weighted by atomic mass is 16.5. The number of aromatic nitrogens is 2. The molecule has 4 aromatic rings. The molecule has 0 saturated carbocycles. The van der Waals surface area contributed by atoms with Crippen LogP contribution in [0, 0.1) is 0 Å². The van der Waals surface area contributed by atoms with Crippen molar-refractivity contribution in [3.63, 3.8) is 0 Å². The standard InChI is InChI=1S/C32H37N7O2/c1-22(23-7-5-9-27(17-23)36-32(40)24-8-6-10-28(18-24)37(2)3)41-29-19-26(21-35-31(29)33)25-11-12-30(34-20-25)39-15-13-38(4)14-16-39/h5-12,17-22H,13-16H2,1-4H3,(H2,33,35)(H,36,40)/t22-/m1/s1. The highest BCUT2D eigenvalue weighted by Gasteiger charge is 2.17. The van der Waals surface area contributed by atoms with E-state index in [9.17, 15) is 4.79 Å². The second-order valence-corrected chi connectivity index (χ2v) is 10.6. The maximum Gasteiger partial charge on any atom is 0.255 e. The molecule has 1 aliphatic heterocycles. The number of pyridine rings is 2. The quantitative estimate of drug-likeness (QED) is 0.318. The summed E-state index contributed by atoms with van der Waals surface area (Å²) in [5.41, 5.74) is 11.1. The molecule has 0 bridgehead atoms. The lowest BCUT2D eigenvalue weighted by Crippen LogP contribution is -2.44. The minimum absolute atomic E-state index is 0.173. The SMILES string of the molecule is C[C@@H](Oc1cc(-c2ccc(N3CCN(C)CC3)nc2)cnc1N)c1cccc(NC(=O)c2cccc(N(C)C)c2)c1. The van der Waals surface area contributed by atoms with Crippen LogP contribution < -0.4 is 25.6 Å². The van der Waals surface area contributed by atoms with Crippen molar-refractivity contribution in [2.45, 2.75) is 13.0 Å². The number of nitrogens with one attached hydrogen (secondary N) is 1. The number of nitrogens with two attached hydrogens (primary N) is 1. The number of hydrogen-bond acceptors (Lipinski definition) is 8. The van der Waals surface area contributed by atoms with E-state index in [0.29, 0.717) is 22.8 Å². The molecule has 0 aliphatic carbocycles. The number of piperazine rings is 1. The first-order valence-corrected chi connectivity index (χ1v) is 13.8. The number of anilines is 4. The van der Waals surface area contributed by atoms with Crippen molar-refractivity contribution < 1.29 is 9.53 Å². The fourth-order valence-corrected chi connectivity index (χ4v) is 4.74. The third-order valence-corrected chi connectivity index (χ3v) is 7.33. The Morgan fingerprint density at radius 2 is 1.71 bits per heavy atom. The van der Waals surface area contributed by atoms with Gasteiger partial charge in [-0.3, -0.25) is 4.79 Å². The van der Waals surface area contributed by atoms with E-state index < -0.39 is 0 Å². The summed E-state index contributed by atoms with van der Waals surface area (Å²) in [5, 5.41) is 2.99. The molecule has 1 aliphatic rings. The van der Waals surface area contributed by atoms with Crippen LogP contribution >= 0.6 is 0 Å². The van der Waals surface area contributed by atoms with E-state index in [1.54, 1.807) is 12.3 Å². The summed E-state index contributed by atoms with van der Waals surface area (Å²) in [7, 11) is 6.04. The topological polar surface area (TPSA) is 99.9 Å². The number of benzene rings is 2. The van der Waals surface area contributed by atoms with E-state index in [0.717, 1.165) is 54.4 Å². The monoisotopic (exact) mass is 551 g/mol. The zero-order chi connectivity index (χ0) is 28.9. The van der Waals surface area contributed by atoms with Crippen LogP contribution in [-0.2, 0) is 0 Å². The molecule has 0 spiro atoms. The van der Waals surface area contributed by atoms with E-state index >= 15 is 0 Å². The van der Waals surface area contributed by atoms with Crippen molar-refractivity contribution in [3.05, 3.63) is 90.3 Å². The maximum atomic E-state index is 12.9. The van der Waals surface area contributed by atoms with E-state index in [4.69, 9.17) is 15.5 Å². The van der Waals surface area contributed by atoms with Gasteiger partial charge >= 0.3 is 0 Å². The van der Waals surface area contributed by atoms with Crippen LogP contribution in [0.25, 0.3) is 11.1 Å². The predicted octanol–water partition coefficient (Wildman–Crippen LogP) is 4.94. The van der Waals surface area contributed by atoms with Gasteiger partial charge in [0, 0.05) is 80.7 Å². The molecular formula is C32H37N7O2. The first kappa shape index (κ1) is 27.9. The smallest absolute Gasteiger partial charge is 0.255 e. The van der Waals surface area contributed by atoms with E-state index in [1.165, 1.54) is 0 Å². The van der Waals surface area contributed by atoms with Crippen molar-refractivity contribution in [1.82, 2.24) is 14.9 Å². The average molecular weight is 552 g/mol. The third-order valence-electron chi connectivity index (χ3n) is 7.33. The molecule has 2 aromatic heterocycles.